The Balaban J connectivity index is 1.53. The fourth-order valence-electron chi connectivity index (χ4n) is 3.96. The van der Waals surface area contributed by atoms with Crippen molar-refractivity contribution in [1.82, 2.24) is 25.0 Å². The summed E-state index contributed by atoms with van der Waals surface area (Å²) in [5.74, 6) is 0.306. The number of nitrogens with zero attached hydrogens (tertiary/aromatic N) is 4. The summed E-state index contributed by atoms with van der Waals surface area (Å²) in [5.41, 5.74) is 2.88. The maximum Gasteiger partial charge on any atom is 0.258 e. The Morgan fingerprint density at radius 1 is 1.03 bits per heavy atom. The third-order valence-corrected chi connectivity index (χ3v) is 5.66. The van der Waals surface area contributed by atoms with Gasteiger partial charge < -0.3 is 14.4 Å². The van der Waals surface area contributed by atoms with Gasteiger partial charge in [0.1, 0.15) is 5.82 Å². The van der Waals surface area contributed by atoms with Crippen LogP contribution in [0.25, 0.3) is 22.0 Å². The lowest BCUT2D eigenvalue weighted by atomic mass is 10.1. The van der Waals surface area contributed by atoms with Gasteiger partial charge in [0.25, 0.3) is 17.2 Å². The normalized spacial score (nSPS) is 11.4. The molecule has 1 N–H and O–H groups in total. The molecular formula is C26H23N5O3. The number of nitrogens with one attached hydrogen (secondary N) is 1. The number of rotatable bonds is 6. The van der Waals surface area contributed by atoms with Crippen molar-refractivity contribution in [1.29, 1.82) is 0 Å². The summed E-state index contributed by atoms with van der Waals surface area (Å²) in [7, 11) is 0. The molecule has 8 heteroatoms. The number of benzene rings is 2. The third kappa shape index (κ3) is 4.17. The SMILES string of the molecule is CC(C)c1noc2ncc(C(=O)N(Cc3ccccc3)Cc3nc4ccccc4c(=O)[nH]3)cc12. The van der Waals surface area contributed by atoms with Crippen LogP contribution in [0.1, 0.15) is 47.2 Å². The second kappa shape index (κ2) is 8.90. The van der Waals surface area contributed by atoms with E-state index in [9.17, 15) is 9.59 Å². The first-order valence-corrected chi connectivity index (χ1v) is 11.1. The summed E-state index contributed by atoms with van der Waals surface area (Å²) in [4.78, 5) is 39.6. The minimum Gasteiger partial charge on any atom is -0.336 e. The molecule has 0 atom stereocenters. The first kappa shape index (κ1) is 21.5. The zero-order valence-corrected chi connectivity index (χ0v) is 18.9. The topological polar surface area (TPSA) is 105 Å². The van der Waals surface area contributed by atoms with E-state index >= 15 is 0 Å². The molecule has 0 radical (unpaired) electrons. The highest BCUT2D eigenvalue weighted by molar-refractivity contribution is 5.97. The van der Waals surface area contributed by atoms with Crippen molar-refractivity contribution in [3.8, 4) is 0 Å². The van der Waals surface area contributed by atoms with Gasteiger partial charge >= 0.3 is 0 Å². The largest absolute Gasteiger partial charge is 0.336 e. The maximum absolute atomic E-state index is 13.7. The van der Waals surface area contributed by atoms with Gasteiger partial charge in [-0.1, -0.05) is 61.5 Å². The zero-order valence-electron chi connectivity index (χ0n) is 18.9. The molecule has 3 aromatic heterocycles. The molecule has 2 aromatic carbocycles. The minimum atomic E-state index is -0.234. The molecule has 0 saturated heterocycles. The van der Waals surface area contributed by atoms with Crippen molar-refractivity contribution < 1.29 is 9.32 Å². The molecule has 5 rings (SSSR count). The lowest BCUT2D eigenvalue weighted by Crippen LogP contribution is -2.32. The standard InChI is InChI=1S/C26H23N5O3/c1-16(2)23-20-12-18(13-27-25(20)34-30-23)26(33)31(14-17-8-4-3-5-9-17)15-22-28-21-11-7-6-10-19(21)24(32)29-22/h3-13,16H,14-15H2,1-2H3,(H,28,29,32). The van der Waals surface area contributed by atoms with Crippen LogP contribution in [-0.2, 0) is 13.1 Å². The van der Waals surface area contributed by atoms with E-state index in [0.29, 0.717) is 34.5 Å². The number of fused-ring (bicyclic) bond motifs is 2. The lowest BCUT2D eigenvalue weighted by molar-refractivity contribution is 0.0725. The molecule has 0 aliphatic carbocycles. The fraction of sp³-hybridized carbons (Fsp3) is 0.192. The van der Waals surface area contributed by atoms with E-state index in [1.54, 1.807) is 29.2 Å². The van der Waals surface area contributed by atoms with Crippen LogP contribution in [0.3, 0.4) is 0 Å². The molecule has 0 aliphatic heterocycles. The number of aromatic amines is 1. The van der Waals surface area contributed by atoms with Gasteiger partial charge in [-0.05, 0) is 29.7 Å². The van der Waals surface area contributed by atoms with Crippen molar-refractivity contribution >= 4 is 27.9 Å². The van der Waals surface area contributed by atoms with Crippen LogP contribution < -0.4 is 5.56 Å². The number of amides is 1. The van der Waals surface area contributed by atoms with Crippen molar-refractivity contribution in [3.05, 3.63) is 99.9 Å². The van der Waals surface area contributed by atoms with Crippen LogP contribution in [0.4, 0.5) is 0 Å². The van der Waals surface area contributed by atoms with E-state index in [1.807, 2.05) is 50.2 Å². The molecule has 0 spiro atoms. The summed E-state index contributed by atoms with van der Waals surface area (Å²) in [5, 5.41) is 5.33. The minimum absolute atomic E-state index is 0.126. The van der Waals surface area contributed by atoms with Crippen LogP contribution in [-0.4, -0.2) is 30.9 Å². The monoisotopic (exact) mass is 453 g/mol. The van der Waals surface area contributed by atoms with E-state index in [2.05, 4.69) is 20.1 Å². The third-order valence-electron chi connectivity index (χ3n) is 5.66. The van der Waals surface area contributed by atoms with Gasteiger partial charge in [-0.15, -0.1) is 0 Å². The van der Waals surface area contributed by atoms with Gasteiger partial charge in [-0.25, -0.2) is 9.97 Å². The number of H-pyrrole nitrogens is 1. The quantitative estimate of drug-likeness (QED) is 0.408. The molecule has 170 valence electrons. The Kier molecular flexibility index (Phi) is 5.63. The molecule has 5 aromatic rings. The number of aromatic nitrogens is 4. The Morgan fingerprint density at radius 3 is 2.59 bits per heavy atom. The number of carbonyl (C=O) groups is 1. The van der Waals surface area contributed by atoms with E-state index in [0.717, 1.165) is 16.6 Å². The van der Waals surface area contributed by atoms with E-state index in [4.69, 9.17) is 4.52 Å². The first-order valence-electron chi connectivity index (χ1n) is 11.1. The maximum atomic E-state index is 13.7. The average Bonchev–Trinajstić information content (AvgIpc) is 3.27. The van der Waals surface area contributed by atoms with Crippen molar-refractivity contribution in [2.24, 2.45) is 0 Å². The van der Waals surface area contributed by atoms with Crippen LogP contribution in [0.15, 0.2) is 76.2 Å². The molecule has 0 saturated carbocycles. The van der Waals surface area contributed by atoms with Gasteiger partial charge in [-0.3, -0.25) is 9.59 Å². The molecule has 3 heterocycles. The second-order valence-corrected chi connectivity index (χ2v) is 8.48. The lowest BCUT2D eigenvalue weighted by Gasteiger charge is -2.22. The highest BCUT2D eigenvalue weighted by Crippen LogP contribution is 2.25. The Labute approximate surface area is 195 Å². The summed E-state index contributed by atoms with van der Waals surface area (Å²) in [6, 6.07) is 18.6. The van der Waals surface area contributed by atoms with E-state index < -0.39 is 0 Å². The Hall–Kier alpha value is -4.33. The van der Waals surface area contributed by atoms with Crippen LogP contribution in [0.2, 0.25) is 0 Å². The van der Waals surface area contributed by atoms with Crippen LogP contribution in [0.5, 0.6) is 0 Å². The molecule has 0 unspecified atom stereocenters. The molecule has 1 amide bonds. The van der Waals surface area contributed by atoms with E-state index in [1.165, 1.54) is 6.20 Å². The highest BCUT2D eigenvalue weighted by Gasteiger charge is 2.21. The van der Waals surface area contributed by atoms with Crippen molar-refractivity contribution in [2.45, 2.75) is 32.9 Å². The summed E-state index contributed by atoms with van der Waals surface area (Å²) in [6.07, 6.45) is 1.49. The molecule has 34 heavy (non-hydrogen) atoms. The Morgan fingerprint density at radius 2 is 1.79 bits per heavy atom. The van der Waals surface area contributed by atoms with Gasteiger partial charge in [-0.2, -0.15) is 0 Å². The number of hydrogen-bond acceptors (Lipinski definition) is 6. The highest BCUT2D eigenvalue weighted by atomic mass is 16.5. The van der Waals surface area contributed by atoms with Crippen molar-refractivity contribution in [2.75, 3.05) is 0 Å². The van der Waals surface area contributed by atoms with Crippen molar-refractivity contribution in [3.63, 3.8) is 0 Å². The van der Waals surface area contributed by atoms with E-state index in [-0.39, 0.29) is 23.9 Å². The summed E-state index contributed by atoms with van der Waals surface area (Å²) < 4.78 is 5.32. The summed E-state index contributed by atoms with van der Waals surface area (Å²) >= 11 is 0. The van der Waals surface area contributed by atoms with Gasteiger partial charge in [0.05, 0.1) is 34.1 Å². The number of para-hydroxylation sites is 1. The molecule has 0 bridgehead atoms. The predicted octanol–water partition coefficient (Wildman–Crippen LogP) is 4.43. The number of carbonyl (C=O) groups excluding carboxylic acids is 1. The van der Waals surface area contributed by atoms with Crippen LogP contribution >= 0.6 is 0 Å². The predicted molar refractivity (Wildman–Crippen MR) is 128 cm³/mol. The van der Waals surface area contributed by atoms with Gasteiger partial charge in [0, 0.05) is 12.7 Å². The summed E-state index contributed by atoms with van der Waals surface area (Å²) in [6.45, 7) is 4.49. The fourth-order valence-corrected chi connectivity index (χ4v) is 3.96. The average molecular weight is 454 g/mol. The second-order valence-electron chi connectivity index (χ2n) is 8.48. The number of hydrogen-bond donors (Lipinski definition) is 1. The first-order chi connectivity index (χ1) is 16.5. The zero-order chi connectivity index (χ0) is 23.7. The molecular weight excluding hydrogens is 430 g/mol. The van der Waals surface area contributed by atoms with Gasteiger partial charge in [0.15, 0.2) is 0 Å². The smallest absolute Gasteiger partial charge is 0.258 e. The Bertz CT molecular complexity index is 1540. The van der Waals surface area contributed by atoms with Gasteiger partial charge in [0.2, 0.25) is 0 Å². The molecule has 0 aliphatic rings. The van der Waals surface area contributed by atoms with Crippen LogP contribution in [0, 0.1) is 0 Å². The number of pyridine rings is 1. The molecule has 8 nitrogen and oxygen atoms in total. The molecule has 0 fully saturated rings.